The Kier molecular flexibility index (Phi) is 3.01. The van der Waals surface area contributed by atoms with E-state index in [2.05, 4.69) is 18.4 Å². The Balaban J connectivity index is 2.77. The topological polar surface area (TPSA) is 22.0 Å². The summed E-state index contributed by atoms with van der Waals surface area (Å²) in [5, 5.41) is 1.83. The van der Waals surface area contributed by atoms with Gasteiger partial charge in [0.25, 0.3) is 0 Å². The summed E-state index contributed by atoms with van der Waals surface area (Å²) in [6, 6.07) is 8.17. The Morgan fingerprint density at radius 1 is 1.44 bits per heavy atom. The maximum Gasteiger partial charge on any atom is 0.125 e. The predicted molar refractivity (Wildman–Crippen MR) is 67.1 cm³/mol. The molecular weight excluding hydrogens is 222 g/mol. The Hall–Kier alpha value is -1.28. The summed E-state index contributed by atoms with van der Waals surface area (Å²) in [5.74, 6) is 0. The number of aldehydes is 1. The average molecular weight is 236 g/mol. The highest BCUT2D eigenvalue weighted by molar-refractivity contribution is 6.35. The lowest BCUT2D eigenvalue weighted by Crippen LogP contribution is -2.06. The molecule has 0 radical (unpaired) electrons. The molecule has 0 aliphatic heterocycles. The molecule has 0 amide bonds. The van der Waals surface area contributed by atoms with E-state index in [1.165, 1.54) is 0 Å². The van der Waals surface area contributed by atoms with Crippen molar-refractivity contribution in [3.05, 3.63) is 35.0 Å². The van der Waals surface area contributed by atoms with Crippen LogP contribution in [0.4, 0.5) is 0 Å². The van der Waals surface area contributed by atoms with Gasteiger partial charge in [0.05, 0.1) is 10.5 Å². The van der Waals surface area contributed by atoms with Crippen molar-refractivity contribution < 1.29 is 4.79 Å². The summed E-state index contributed by atoms with van der Waals surface area (Å²) < 4.78 is 2.13. The van der Waals surface area contributed by atoms with Crippen molar-refractivity contribution in [2.24, 2.45) is 0 Å². The summed E-state index contributed by atoms with van der Waals surface area (Å²) in [5.41, 5.74) is 2.05. The van der Waals surface area contributed by atoms with Gasteiger partial charge in [-0.15, -0.1) is 0 Å². The molecule has 1 heterocycles. The van der Waals surface area contributed by atoms with Crippen LogP contribution in [0, 0.1) is 0 Å². The molecular formula is C13H14ClNO. The van der Waals surface area contributed by atoms with Crippen LogP contribution in [-0.2, 0) is 11.2 Å². The first-order valence-electron chi connectivity index (χ1n) is 5.37. The van der Waals surface area contributed by atoms with Crippen LogP contribution in [0.1, 0.15) is 25.6 Å². The van der Waals surface area contributed by atoms with E-state index in [1.807, 2.05) is 24.3 Å². The summed E-state index contributed by atoms with van der Waals surface area (Å²) >= 11 is 6.21. The lowest BCUT2D eigenvalue weighted by molar-refractivity contribution is -0.107. The van der Waals surface area contributed by atoms with E-state index in [-0.39, 0.29) is 0 Å². The van der Waals surface area contributed by atoms with Gasteiger partial charge in [-0.3, -0.25) is 0 Å². The van der Waals surface area contributed by atoms with Gasteiger partial charge in [-0.05, 0) is 26.0 Å². The third-order valence-corrected chi connectivity index (χ3v) is 3.00. The van der Waals surface area contributed by atoms with Crippen molar-refractivity contribution in [2.45, 2.75) is 26.3 Å². The largest absolute Gasteiger partial charge is 0.340 e. The highest BCUT2D eigenvalue weighted by atomic mass is 35.5. The molecule has 0 atom stereocenters. The lowest BCUT2D eigenvalue weighted by Gasteiger charge is -2.14. The van der Waals surface area contributed by atoms with Crippen LogP contribution in [0.15, 0.2) is 24.3 Å². The SMILES string of the molecule is CC(C)n1c(CC=O)cc2cccc(Cl)c21. The molecule has 3 heteroatoms. The molecule has 0 fully saturated rings. The number of hydrogen-bond donors (Lipinski definition) is 0. The number of carbonyl (C=O) groups is 1. The molecule has 0 saturated heterocycles. The molecule has 0 N–H and O–H groups in total. The number of halogens is 1. The molecule has 2 aromatic rings. The van der Waals surface area contributed by atoms with Gasteiger partial charge in [-0.1, -0.05) is 23.7 Å². The number of fused-ring (bicyclic) bond motifs is 1. The van der Waals surface area contributed by atoms with Crippen molar-refractivity contribution in [3.8, 4) is 0 Å². The Labute approximate surface area is 99.8 Å². The first kappa shape index (κ1) is 11.2. The number of benzene rings is 1. The molecule has 0 aliphatic rings. The van der Waals surface area contributed by atoms with Gasteiger partial charge < -0.3 is 9.36 Å². The lowest BCUT2D eigenvalue weighted by atomic mass is 10.2. The second kappa shape index (κ2) is 4.30. The Morgan fingerprint density at radius 2 is 2.19 bits per heavy atom. The minimum atomic E-state index is 0.298. The first-order chi connectivity index (χ1) is 7.65. The number of hydrogen-bond acceptors (Lipinski definition) is 1. The van der Waals surface area contributed by atoms with Crippen LogP contribution >= 0.6 is 11.6 Å². The molecule has 0 saturated carbocycles. The van der Waals surface area contributed by atoms with E-state index in [9.17, 15) is 4.79 Å². The van der Waals surface area contributed by atoms with Crippen LogP contribution in [0.5, 0.6) is 0 Å². The smallest absolute Gasteiger partial charge is 0.125 e. The normalized spacial score (nSPS) is 11.2. The molecule has 0 unspecified atom stereocenters. The maximum atomic E-state index is 10.7. The van der Waals surface area contributed by atoms with Crippen molar-refractivity contribution in [2.75, 3.05) is 0 Å². The van der Waals surface area contributed by atoms with Crippen molar-refractivity contribution in [1.29, 1.82) is 0 Å². The minimum absolute atomic E-state index is 0.298. The van der Waals surface area contributed by atoms with Gasteiger partial charge in [0, 0.05) is 23.5 Å². The predicted octanol–water partition coefficient (Wildman–Crippen LogP) is 3.62. The highest BCUT2D eigenvalue weighted by Gasteiger charge is 2.13. The van der Waals surface area contributed by atoms with Gasteiger partial charge in [-0.25, -0.2) is 0 Å². The number of carbonyl (C=O) groups excluding carboxylic acids is 1. The molecule has 0 spiro atoms. The summed E-state index contributed by atoms with van der Waals surface area (Å²) in [7, 11) is 0. The van der Waals surface area contributed by atoms with Crippen LogP contribution in [0.3, 0.4) is 0 Å². The summed E-state index contributed by atoms with van der Waals surface area (Å²) in [6.07, 6.45) is 1.37. The van der Waals surface area contributed by atoms with Crippen molar-refractivity contribution in [3.63, 3.8) is 0 Å². The van der Waals surface area contributed by atoms with E-state index < -0.39 is 0 Å². The quantitative estimate of drug-likeness (QED) is 0.745. The monoisotopic (exact) mass is 235 g/mol. The Bertz CT molecular complexity index is 528. The number of aromatic nitrogens is 1. The molecule has 1 aromatic carbocycles. The van der Waals surface area contributed by atoms with Gasteiger partial charge in [0.1, 0.15) is 6.29 Å². The second-order valence-electron chi connectivity index (χ2n) is 4.15. The van der Waals surface area contributed by atoms with Crippen molar-refractivity contribution in [1.82, 2.24) is 4.57 Å². The van der Waals surface area contributed by atoms with E-state index in [0.717, 1.165) is 27.9 Å². The minimum Gasteiger partial charge on any atom is -0.340 e. The third kappa shape index (κ3) is 1.74. The zero-order valence-corrected chi connectivity index (χ0v) is 10.2. The molecule has 1 aromatic heterocycles. The fraction of sp³-hybridized carbons (Fsp3) is 0.308. The zero-order valence-electron chi connectivity index (χ0n) is 9.40. The van der Waals surface area contributed by atoms with E-state index in [4.69, 9.17) is 11.6 Å². The van der Waals surface area contributed by atoms with E-state index in [0.29, 0.717) is 12.5 Å². The fourth-order valence-corrected chi connectivity index (χ4v) is 2.40. The van der Waals surface area contributed by atoms with Gasteiger partial charge in [-0.2, -0.15) is 0 Å². The molecule has 0 bridgehead atoms. The standard InChI is InChI=1S/C13H14ClNO/c1-9(2)15-11(6-7-16)8-10-4-3-5-12(14)13(10)15/h3-5,7-9H,6H2,1-2H3. The highest BCUT2D eigenvalue weighted by Crippen LogP contribution is 2.29. The fourth-order valence-electron chi connectivity index (χ4n) is 2.13. The van der Waals surface area contributed by atoms with Crippen LogP contribution in [0.25, 0.3) is 10.9 Å². The van der Waals surface area contributed by atoms with Crippen LogP contribution < -0.4 is 0 Å². The zero-order chi connectivity index (χ0) is 11.7. The van der Waals surface area contributed by atoms with Crippen LogP contribution in [0.2, 0.25) is 5.02 Å². The summed E-state index contributed by atoms with van der Waals surface area (Å²) in [6.45, 7) is 4.19. The molecule has 0 aliphatic carbocycles. The van der Waals surface area contributed by atoms with E-state index >= 15 is 0 Å². The molecule has 84 valence electrons. The first-order valence-corrected chi connectivity index (χ1v) is 5.75. The summed E-state index contributed by atoms with van der Waals surface area (Å²) in [4.78, 5) is 10.7. The number of rotatable bonds is 3. The van der Waals surface area contributed by atoms with E-state index in [1.54, 1.807) is 0 Å². The molecule has 2 nitrogen and oxygen atoms in total. The van der Waals surface area contributed by atoms with Gasteiger partial charge in [0.2, 0.25) is 0 Å². The number of nitrogens with zero attached hydrogens (tertiary/aromatic N) is 1. The number of para-hydroxylation sites is 1. The second-order valence-corrected chi connectivity index (χ2v) is 4.56. The van der Waals surface area contributed by atoms with Crippen molar-refractivity contribution >= 4 is 28.8 Å². The van der Waals surface area contributed by atoms with Crippen LogP contribution in [-0.4, -0.2) is 10.9 Å². The molecule has 16 heavy (non-hydrogen) atoms. The van der Waals surface area contributed by atoms with Gasteiger partial charge in [0.15, 0.2) is 0 Å². The third-order valence-electron chi connectivity index (χ3n) is 2.70. The van der Waals surface area contributed by atoms with Gasteiger partial charge >= 0.3 is 0 Å². The Morgan fingerprint density at radius 3 is 2.81 bits per heavy atom. The maximum absolute atomic E-state index is 10.7. The average Bonchev–Trinajstić information content (AvgIpc) is 2.58. The molecule has 2 rings (SSSR count).